The smallest absolute Gasteiger partial charge is 0.327 e. The molecule has 1 unspecified atom stereocenters. The summed E-state index contributed by atoms with van der Waals surface area (Å²) >= 11 is 0. The first kappa shape index (κ1) is 16.1. The third-order valence-corrected chi connectivity index (χ3v) is 3.63. The number of hydrogen-bond acceptors (Lipinski definition) is 4. The van der Waals surface area contributed by atoms with E-state index in [2.05, 4.69) is 9.84 Å². The Hall–Kier alpha value is 0.0700. The van der Waals surface area contributed by atoms with E-state index in [1.165, 1.54) is 7.11 Å². The molecule has 0 saturated heterocycles. The zero-order valence-corrected chi connectivity index (χ0v) is 11.2. The van der Waals surface area contributed by atoms with E-state index < -0.39 is 7.60 Å². The molecule has 6 heteroatoms. The van der Waals surface area contributed by atoms with Gasteiger partial charge in [-0.2, -0.15) is 0 Å². The van der Waals surface area contributed by atoms with Crippen LogP contribution < -0.4 is 5.32 Å². The Kier molecular flexibility index (Phi) is 10.3. The maximum atomic E-state index is 11.1. The van der Waals surface area contributed by atoms with E-state index >= 15 is 0 Å². The second-order valence-electron chi connectivity index (χ2n) is 3.55. The summed E-state index contributed by atoms with van der Waals surface area (Å²) in [5.74, 6) is 0. The van der Waals surface area contributed by atoms with Crippen LogP contribution in [0.4, 0.5) is 0 Å². The Morgan fingerprint density at radius 3 is 2.56 bits per heavy atom. The Labute approximate surface area is 98.1 Å². The van der Waals surface area contributed by atoms with Gasteiger partial charge < -0.3 is 19.5 Å². The second kappa shape index (κ2) is 10.2. The summed E-state index contributed by atoms with van der Waals surface area (Å²) in [5, 5.41) is 3.26. The van der Waals surface area contributed by atoms with Gasteiger partial charge in [-0.25, -0.2) is 0 Å². The van der Waals surface area contributed by atoms with Crippen LogP contribution in [0.1, 0.15) is 26.2 Å². The van der Waals surface area contributed by atoms with E-state index in [1.54, 1.807) is 0 Å². The van der Waals surface area contributed by atoms with Crippen molar-refractivity contribution in [2.24, 2.45) is 0 Å². The molecule has 0 aliphatic heterocycles. The van der Waals surface area contributed by atoms with Gasteiger partial charge in [0.2, 0.25) is 0 Å². The lowest BCUT2D eigenvalue weighted by molar-refractivity contribution is 0.145. The standard InChI is InChI=1S/C10H24NO4P/c1-3-15-9-6-8-11-7-4-5-10-16(12,13)14-2/h11H,3-10H2,1-2H3,(H,12,13). The van der Waals surface area contributed by atoms with E-state index in [0.29, 0.717) is 6.42 Å². The predicted octanol–water partition coefficient (Wildman–Crippen LogP) is 1.61. The van der Waals surface area contributed by atoms with Crippen LogP contribution >= 0.6 is 7.60 Å². The van der Waals surface area contributed by atoms with Crippen LogP contribution in [-0.2, 0) is 13.8 Å². The molecule has 0 aliphatic carbocycles. The topological polar surface area (TPSA) is 67.8 Å². The Bertz CT molecular complexity index is 201. The molecule has 2 N–H and O–H groups in total. The third-order valence-electron chi connectivity index (χ3n) is 2.18. The van der Waals surface area contributed by atoms with E-state index in [1.807, 2.05) is 6.92 Å². The normalized spacial score (nSPS) is 14.9. The predicted molar refractivity (Wildman–Crippen MR) is 64.9 cm³/mol. The van der Waals surface area contributed by atoms with Gasteiger partial charge >= 0.3 is 7.60 Å². The molecular weight excluding hydrogens is 229 g/mol. The zero-order valence-electron chi connectivity index (χ0n) is 10.3. The highest BCUT2D eigenvalue weighted by Gasteiger charge is 2.15. The number of hydrogen-bond donors (Lipinski definition) is 2. The maximum absolute atomic E-state index is 11.1. The quantitative estimate of drug-likeness (QED) is 0.432. The van der Waals surface area contributed by atoms with Crippen molar-refractivity contribution in [3.8, 4) is 0 Å². The van der Waals surface area contributed by atoms with Gasteiger partial charge in [0.1, 0.15) is 0 Å². The fraction of sp³-hybridized carbons (Fsp3) is 1.00. The molecule has 0 fully saturated rings. The Balaban J connectivity index is 3.13. The lowest BCUT2D eigenvalue weighted by Gasteiger charge is -2.08. The third kappa shape index (κ3) is 10.6. The molecule has 0 aromatic carbocycles. The summed E-state index contributed by atoms with van der Waals surface area (Å²) in [6.45, 7) is 5.34. The van der Waals surface area contributed by atoms with Crippen molar-refractivity contribution in [2.45, 2.75) is 26.2 Å². The maximum Gasteiger partial charge on any atom is 0.327 e. The van der Waals surface area contributed by atoms with Crippen LogP contribution in [0.5, 0.6) is 0 Å². The summed E-state index contributed by atoms with van der Waals surface area (Å²) in [4.78, 5) is 9.12. The highest BCUT2D eigenvalue weighted by Crippen LogP contribution is 2.41. The minimum Gasteiger partial charge on any atom is -0.382 e. The lowest BCUT2D eigenvalue weighted by atomic mass is 10.3. The molecule has 0 amide bonds. The van der Waals surface area contributed by atoms with Gasteiger partial charge in [0.15, 0.2) is 0 Å². The molecule has 0 saturated carbocycles. The second-order valence-corrected chi connectivity index (χ2v) is 5.64. The van der Waals surface area contributed by atoms with Crippen LogP contribution in [0.3, 0.4) is 0 Å². The summed E-state index contributed by atoms with van der Waals surface area (Å²) in [5.41, 5.74) is 0. The molecular formula is C10H24NO4P. The van der Waals surface area contributed by atoms with E-state index in [9.17, 15) is 4.57 Å². The van der Waals surface area contributed by atoms with E-state index in [-0.39, 0.29) is 6.16 Å². The molecule has 16 heavy (non-hydrogen) atoms. The lowest BCUT2D eigenvalue weighted by Crippen LogP contribution is -2.18. The van der Waals surface area contributed by atoms with Crippen molar-refractivity contribution in [1.29, 1.82) is 0 Å². The highest BCUT2D eigenvalue weighted by atomic mass is 31.2. The summed E-state index contributed by atoms with van der Waals surface area (Å²) in [6.07, 6.45) is 2.84. The van der Waals surface area contributed by atoms with Crippen LogP contribution in [0, 0.1) is 0 Å². The van der Waals surface area contributed by atoms with Crippen molar-refractivity contribution in [1.82, 2.24) is 5.32 Å². The van der Waals surface area contributed by atoms with Gasteiger partial charge in [0, 0.05) is 20.3 Å². The van der Waals surface area contributed by atoms with Crippen molar-refractivity contribution in [3.05, 3.63) is 0 Å². The first-order valence-corrected chi connectivity index (χ1v) is 7.54. The first-order chi connectivity index (χ1) is 7.62. The molecule has 0 spiro atoms. The molecule has 0 bridgehead atoms. The van der Waals surface area contributed by atoms with Crippen LogP contribution in [0.25, 0.3) is 0 Å². The minimum atomic E-state index is -3.29. The van der Waals surface area contributed by atoms with Crippen LogP contribution in [0.2, 0.25) is 0 Å². The number of nitrogens with one attached hydrogen (secondary N) is 1. The molecule has 0 aliphatic rings. The Morgan fingerprint density at radius 2 is 1.94 bits per heavy atom. The fourth-order valence-electron chi connectivity index (χ4n) is 1.22. The number of rotatable bonds is 11. The summed E-state index contributed by atoms with van der Waals surface area (Å²) in [6, 6.07) is 0. The molecule has 0 heterocycles. The highest BCUT2D eigenvalue weighted by molar-refractivity contribution is 7.52. The minimum absolute atomic E-state index is 0.240. The SMILES string of the molecule is CCOCCCNCCCCP(=O)(O)OC. The molecule has 0 radical (unpaired) electrons. The van der Waals surface area contributed by atoms with Crippen LogP contribution in [0.15, 0.2) is 0 Å². The van der Waals surface area contributed by atoms with Crippen molar-refractivity contribution in [2.75, 3.05) is 39.6 Å². The summed E-state index contributed by atoms with van der Waals surface area (Å²) in [7, 11) is -2.02. The molecule has 5 nitrogen and oxygen atoms in total. The molecule has 0 aromatic rings. The van der Waals surface area contributed by atoms with Crippen molar-refractivity contribution in [3.63, 3.8) is 0 Å². The average Bonchev–Trinajstić information content (AvgIpc) is 2.27. The zero-order chi connectivity index (χ0) is 12.3. The van der Waals surface area contributed by atoms with Gasteiger partial charge in [-0.1, -0.05) is 0 Å². The van der Waals surface area contributed by atoms with E-state index in [4.69, 9.17) is 9.63 Å². The number of unbranched alkanes of at least 4 members (excludes halogenated alkanes) is 1. The monoisotopic (exact) mass is 253 g/mol. The largest absolute Gasteiger partial charge is 0.382 e. The molecule has 1 atom stereocenters. The average molecular weight is 253 g/mol. The van der Waals surface area contributed by atoms with Crippen LogP contribution in [-0.4, -0.2) is 44.5 Å². The summed E-state index contributed by atoms with van der Waals surface area (Å²) < 4.78 is 20.8. The van der Waals surface area contributed by atoms with Gasteiger partial charge in [-0.15, -0.1) is 0 Å². The Morgan fingerprint density at radius 1 is 1.25 bits per heavy atom. The van der Waals surface area contributed by atoms with Gasteiger partial charge in [0.05, 0.1) is 6.16 Å². The van der Waals surface area contributed by atoms with Gasteiger partial charge in [0.25, 0.3) is 0 Å². The molecule has 0 aromatic heterocycles. The van der Waals surface area contributed by atoms with Gasteiger partial charge in [-0.05, 0) is 39.3 Å². The van der Waals surface area contributed by atoms with Crippen molar-refractivity contribution >= 4 is 7.60 Å². The van der Waals surface area contributed by atoms with Gasteiger partial charge in [-0.3, -0.25) is 4.57 Å². The first-order valence-electron chi connectivity index (χ1n) is 5.78. The van der Waals surface area contributed by atoms with Crippen molar-refractivity contribution < 1.29 is 18.7 Å². The van der Waals surface area contributed by atoms with E-state index in [0.717, 1.165) is 39.1 Å². The molecule has 98 valence electrons. The fourth-order valence-corrected chi connectivity index (χ4v) is 2.03. The number of ether oxygens (including phenoxy) is 1. The molecule has 0 rings (SSSR count).